The molecule has 0 atom stereocenters. The summed E-state index contributed by atoms with van der Waals surface area (Å²) in [6, 6.07) is 11.1. The summed E-state index contributed by atoms with van der Waals surface area (Å²) in [5.74, 6) is -0.668. The Hall–Kier alpha value is -3.18. The zero-order valence-corrected chi connectivity index (χ0v) is 14.8. The van der Waals surface area contributed by atoms with E-state index in [2.05, 4.69) is 0 Å². The average Bonchev–Trinajstić information content (AvgIpc) is 2.60. The van der Waals surface area contributed by atoms with Crippen LogP contribution in [-0.2, 0) is 13.1 Å². The van der Waals surface area contributed by atoms with Crippen LogP contribution in [0.5, 0.6) is 0 Å². The predicted octanol–water partition coefficient (Wildman–Crippen LogP) is 0.298. The highest BCUT2D eigenvalue weighted by molar-refractivity contribution is 6.01. The van der Waals surface area contributed by atoms with Crippen molar-refractivity contribution in [2.75, 3.05) is 25.9 Å². The summed E-state index contributed by atoms with van der Waals surface area (Å²) in [4.78, 5) is 39.3. The van der Waals surface area contributed by atoms with Crippen LogP contribution < -0.4 is 17.0 Å². The lowest BCUT2D eigenvalue weighted by Crippen LogP contribution is -2.45. The fourth-order valence-corrected chi connectivity index (χ4v) is 2.68. The van der Waals surface area contributed by atoms with Crippen LogP contribution in [0.2, 0.25) is 0 Å². The fourth-order valence-electron chi connectivity index (χ4n) is 2.68. The van der Waals surface area contributed by atoms with Crippen molar-refractivity contribution < 1.29 is 4.79 Å². The van der Waals surface area contributed by atoms with E-state index in [-0.39, 0.29) is 37.6 Å². The van der Waals surface area contributed by atoms with Crippen molar-refractivity contribution in [3.63, 3.8) is 0 Å². The van der Waals surface area contributed by atoms with Crippen molar-refractivity contribution in [2.45, 2.75) is 20.0 Å². The van der Waals surface area contributed by atoms with E-state index in [1.54, 1.807) is 14.0 Å². The first-order chi connectivity index (χ1) is 12.4. The first kappa shape index (κ1) is 19.1. The monoisotopic (exact) mass is 355 g/mol. The van der Waals surface area contributed by atoms with Crippen LogP contribution in [-0.4, -0.2) is 40.0 Å². The summed E-state index contributed by atoms with van der Waals surface area (Å²) < 4.78 is 2.23. The van der Waals surface area contributed by atoms with Crippen molar-refractivity contribution in [3.05, 3.63) is 62.3 Å². The molecule has 1 aromatic carbocycles. The van der Waals surface area contributed by atoms with Gasteiger partial charge in [-0.25, -0.2) is 4.79 Å². The normalized spacial score (nSPS) is 10.7. The Labute approximate surface area is 150 Å². The zero-order valence-electron chi connectivity index (χ0n) is 14.8. The van der Waals surface area contributed by atoms with Crippen LogP contribution >= 0.6 is 0 Å². The fraction of sp³-hybridized carbons (Fsp3) is 0.333. The molecule has 2 rings (SSSR count). The van der Waals surface area contributed by atoms with E-state index in [1.165, 1.54) is 9.47 Å². The van der Waals surface area contributed by atoms with Crippen LogP contribution in [0.25, 0.3) is 0 Å². The minimum atomic E-state index is -0.699. The number of nitrogens with zero attached hydrogens (tertiary/aromatic N) is 4. The molecule has 0 saturated heterocycles. The van der Waals surface area contributed by atoms with Gasteiger partial charge in [0.1, 0.15) is 11.4 Å². The quantitative estimate of drug-likeness (QED) is 0.564. The first-order valence-electron chi connectivity index (χ1n) is 8.16. The molecule has 0 aliphatic heterocycles. The molecule has 0 fully saturated rings. The minimum Gasteiger partial charge on any atom is -0.384 e. The lowest BCUT2D eigenvalue weighted by Gasteiger charge is -2.17. The lowest BCUT2D eigenvalue weighted by atomic mass is 10.1. The summed E-state index contributed by atoms with van der Waals surface area (Å²) in [5, 5.41) is 8.72. The van der Waals surface area contributed by atoms with E-state index in [0.29, 0.717) is 0 Å². The lowest BCUT2D eigenvalue weighted by molar-refractivity contribution is 0.0950. The molecule has 0 unspecified atom stereocenters. The number of carbonyl (C=O) groups is 1. The van der Waals surface area contributed by atoms with Crippen molar-refractivity contribution in [2.24, 2.45) is 0 Å². The molecule has 0 spiro atoms. The van der Waals surface area contributed by atoms with Crippen LogP contribution in [0.4, 0.5) is 5.82 Å². The van der Waals surface area contributed by atoms with Gasteiger partial charge in [0.15, 0.2) is 5.78 Å². The highest BCUT2D eigenvalue weighted by atomic mass is 16.2. The molecule has 0 bridgehead atoms. The molecule has 26 heavy (non-hydrogen) atoms. The van der Waals surface area contributed by atoms with Gasteiger partial charge in [-0.2, -0.15) is 5.26 Å². The second-order valence-corrected chi connectivity index (χ2v) is 5.92. The smallest absolute Gasteiger partial charge is 0.332 e. The second-order valence-electron chi connectivity index (χ2n) is 5.92. The van der Waals surface area contributed by atoms with E-state index < -0.39 is 17.0 Å². The third-order valence-electron chi connectivity index (χ3n) is 4.00. The molecule has 0 radical (unpaired) electrons. The third kappa shape index (κ3) is 3.90. The average molecular weight is 355 g/mol. The largest absolute Gasteiger partial charge is 0.384 e. The molecule has 0 amide bonds. The number of Topliss-reactive ketones (excluding diaryl/α,β-unsaturated/α-hetero) is 1. The van der Waals surface area contributed by atoms with E-state index in [1.807, 2.05) is 36.4 Å². The molecule has 1 heterocycles. The first-order valence-corrected chi connectivity index (χ1v) is 8.16. The highest BCUT2D eigenvalue weighted by Gasteiger charge is 2.23. The number of rotatable bonds is 7. The number of likely N-dealkylation sites (N-methyl/N-ethyl adjacent to an activating group) is 1. The molecule has 0 saturated carbocycles. The molecule has 2 aromatic rings. The van der Waals surface area contributed by atoms with Gasteiger partial charge in [0.2, 0.25) is 0 Å². The number of anilines is 1. The van der Waals surface area contributed by atoms with Crippen LogP contribution in [0.15, 0.2) is 39.9 Å². The van der Waals surface area contributed by atoms with Gasteiger partial charge in [-0.15, -0.1) is 0 Å². The number of hydrogen-bond donors (Lipinski definition) is 1. The number of nitriles is 1. The SMILES string of the molecule is CCn1c(=O)c(C(=O)CN(C)CC#N)c(N)n(Cc2ccccc2)c1=O. The van der Waals surface area contributed by atoms with Gasteiger partial charge in [0.05, 0.1) is 25.7 Å². The number of ketones is 1. The van der Waals surface area contributed by atoms with Gasteiger partial charge < -0.3 is 5.73 Å². The summed E-state index contributed by atoms with van der Waals surface area (Å²) in [6.45, 7) is 1.83. The molecule has 1 aromatic heterocycles. The highest BCUT2D eigenvalue weighted by Crippen LogP contribution is 2.10. The standard InChI is InChI=1S/C18H21N5O3/c1-3-22-17(25)15(14(24)12-21(2)10-9-19)16(20)23(18(22)26)11-13-7-5-4-6-8-13/h4-8H,3,10-12,20H2,1-2H3. The molecular weight excluding hydrogens is 334 g/mol. The van der Waals surface area contributed by atoms with Crippen molar-refractivity contribution >= 4 is 11.6 Å². The van der Waals surface area contributed by atoms with Gasteiger partial charge in [0.25, 0.3) is 5.56 Å². The molecule has 8 nitrogen and oxygen atoms in total. The third-order valence-corrected chi connectivity index (χ3v) is 4.00. The van der Waals surface area contributed by atoms with Crippen molar-refractivity contribution in [1.29, 1.82) is 5.26 Å². The second kappa shape index (κ2) is 8.27. The molecule has 0 aliphatic rings. The number of benzene rings is 1. The summed E-state index contributed by atoms with van der Waals surface area (Å²) in [6.07, 6.45) is 0. The van der Waals surface area contributed by atoms with Crippen LogP contribution in [0.1, 0.15) is 22.8 Å². The van der Waals surface area contributed by atoms with Gasteiger partial charge in [-0.05, 0) is 19.5 Å². The molecule has 8 heteroatoms. The van der Waals surface area contributed by atoms with Gasteiger partial charge in [-0.1, -0.05) is 30.3 Å². The van der Waals surface area contributed by atoms with Gasteiger partial charge >= 0.3 is 5.69 Å². The summed E-state index contributed by atoms with van der Waals surface area (Å²) >= 11 is 0. The number of aromatic nitrogens is 2. The summed E-state index contributed by atoms with van der Waals surface area (Å²) in [7, 11) is 1.59. The minimum absolute atomic E-state index is 0.0390. The topological polar surface area (TPSA) is 114 Å². The predicted molar refractivity (Wildman–Crippen MR) is 98.0 cm³/mol. The maximum Gasteiger partial charge on any atom is 0.332 e. The molecule has 0 aliphatic carbocycles. The Bertz CT molecular complexity index is 954. The van der Waals surface area contributed by atoms with E-state index in [4.69, 9.17) is 11.0 Å². The summed E-state index contributed by atoms with van der Waals surface area (Å²) in [5.41, 5.74) is 5.40. The Kier molecular flexibility index (Phi) is 6.09. The maximum atomic E-state index is 12.6. The van der Waals surface area contributed by atoms with E-state index >= 15 is 0 Å². The number of nitrogen functional groups attached to an aromatic ring is 1. The zero-order chi connectivity index (χ0) is 19.3. The molecule has 136 valence electrons. The Morgan fingerprint density at radius 1 is 1.23 bits per heavy atom. The Morgan fingerprint density at radius 3 is 2.46 bits per heavy atom. The maximum absolute atomic E-state index is 12.6. The number of carbonyl (C=O) groups excluding carboxylic acids is 1. The van der Waals surface area contributed by atoms with E-state index in [9.17, 15) is 14.4 Å². The number of hydrogen-bond acceptors (Lipinski definition) is 6. The van der Waals surface area contributed by atoms with E-state index in [0.717, 1.165) is 10.1 Å². The number of nitrogens with two attached hydrogens (primary N) is 1. The van der Waals surface area contributed by atoms with Crippen molar-refractivity contribution in [3.8, 4) is 6.07 Å². The van der Waals surface area contributed by atoms with Crippen LogP contribution in [0, 0.1) is 11.3 Å². The van der Waals surface area contributed by atoms with Gasteiger partial charge in [-0.3, -0.25) is 23.6 Å². The van der Waals surface area contributed by atoms with Crippen LogP contribution in [0.3, 0.4) is 0 Å². The molecular formula is C18H21N5O3. The van der Waals surface area contributed by atoms with Crippen molar-refractivity contribution in [1.82, 2.24) is 14.0 Å². The molecule has 2 N–H and O–H groups in total. The van der Waals surface area contributed by atoms with Gasteiger partial charge in [0, 0.05) is 6.54 Å². The Balaban J connectivity index is 2.57. The Morgan fingerprint density at radius 2 is 1.88 bits per heavy atom.